The minimum atomic E-state index is -0.405. The van der Waals surface area contributed by atoms with Crippen molar-refractivity contribution in [1.29, 1.82) is 0 Å². The van der Waals surface area contributed by atoms with E-state index in [0.29, 0.717) is 0 Å². The van der Waals surface area contributed by atoms with Crippen LogP contribution in [0, 0.1) is 10.1 Å². The molecule has 1 N–H and O–H groups in total. The molecule has 22 heavy (non-hydrogen) atoms. The first kappa shape index (κ1) is 14.1. The van der Waals surface area contributed by atoms with Gasteiger partial charge in [0.2, 0.25) is 0 Å². The van der Waals surface area contributed by atoms with Gasteiger partial charge < -0.3 is 10.2 Å². The van der Waals surface area contributed by atoms with E-state index in [-0.39, 0.29) is 11.7 Å². The number of hydrogen-bond acceptors (Lipinski definition) is 5. The molecule has 1 unspecified atom stereocenters. The van der Waals surface area contributed by atoms with E-state index in [9.17, 15) is 10.1 Å². The number of nitro groups is 1. The first-order valence-electron chi connectivity index (χ1n) is 6.88. The molecule has 0 bridgehead atoms. The third-order valence-electron chi connectivity index (χ3n) is 3.66. The predicted octanol–water partition coefficient (Wildman–Crippen LogP) is 3.04. The Morgan fingerprint density at radius 1 is 1.27 bits per heavy atom. The molecule has 0 saturated carbocycles. The number of hydrogen-bond donors (Lipinski definition) is 1. The van der Waals surface area contributed by atoms with Crippen LogP contribution in [0.1, 0.15) is 23.6 Å². The molecule has 0 spiro atoms. The Morgan fingerprint density at radius 3 is 2.73 bits per heavy atom. The number of non-ortho nitro benzene ring substituents is 1. The first-order valence-corrected chi connectivity index (χ1v) is 6.88. The second-order valence-corrected chi connectivity index (χ2v) is 5.02. The molecule has 2 aromatic carbocycles. The fourth-order valence-corrected chi connectivity index (χ4v) is 2.45. The first-order chi connectivity index (χ1) is 10.7. The van der Waals surface area contributed by atoms with Crippen molar-refractivity contribution in [2.75, 3.05) is 7.11 Å². The lowest BCUT2D eigenvalue weighted by Crippen LogP contribution is -2.09. The maximum absolute atomic E-state index is 10.7. The van der Waals surface area contributed by atoms with Gasteiger partial charge in [-0.1, -0.05) is 12.1 Å². The van der Waals surface area contributed by atoms with Crippen LogP contribution in [0.2, 0.25) is 0 Å². The molecule has 1 aliphatic rings. The summed E-state index contributed by atoms with van der Waals surface area (Å²) in [6.45, 7) is 0. The minimum absolute atomic E-state index is 0.0830. The Morgan fingerprint density at radius 2 is 2.05 bits per heavy atom. The third-order valence-corrected chi connectivity index (χ3v) is 3.66. The van der Waals surface area contributed by atoms with Gasteiger partial charge in [-0.05, 0) is 35.4 Å². The molecular formula is C16H15N3O3. The van der Waals surface area contributed by atoms with Gasteiger partial charge in [-0.15, -0.1) is 0 Å². The Kier molecular flexibility index (Phi) is 3.74. The number of nitrogens with one attached hydrogen (secondary N) is 1. The second kappa shape index (κ2) is 5.85. The van der Waals surface area contributed by atoms with Crippen LogP contribution in [0.15, 0.2) is 53.6 Å². The van der Waals surface area contributed by atoms with Crippen LogP contribution in [0.4, 0.5) is 5.69 Å². The molecule has 1 atom stereocenters. The van der Waals surface area contributed by atoms with Crippen LogP contribution in [0.25, 0.3) is 0 Å². The highest BCUT2D eigenvalue weighted by atomic mass is 16.6. The van der Waals surface area contributed by atoms with Crippen molar-refractivity contribution in [3.05, 3.63) is 69.8 Å². The van der Waals surface area contributed by atoms with Crippen molar-refractivity contribution in [3.63, 3.8) is 0 Å². The molecular weight excluding hydrogens is 282 g/mol. The number of rotatable bonds is 4. The van der Waals surface area contributed by atoms with Gasteiger partial charge in [0.1, 0.15) is 5.75 Å². The largest absolute Gasteiger partial charge is 0.497 e. The van der Waals surface area contributed by atoms with E-state index in [4.69, 9.17) is 4.74 Å². The molecule has 6 nitrogen and oxygen atoms in total. The van der Waals surface area contributed by atoms with Gasteiger partial charge in [0.05, 0.1) is 23.8 Å². The molecule has 0 aromatic heterocycles. The highest BCUT2D eigenvalue weighted by molar-refractivity contribution is 6.01. The average molecular weight is 297 g/mol. The summed E-state index contributed by atoms with van der Waals surface area (Å²) >= 11 is 0. The Balaban J connectivity index is 1.74. The third kappa shape index (κ3) is 2.76. The van der Waals surface area contributed by atoms with Crippen LogP contribution >= 0.6 is 0 Å². The molecule has 0 fully saturated rings. The number of nitrogens with zero attached hydrogens (tertiary/aromatic N) is 2. The topological polar surface area (TPSA) is 76.8 Å². The van der Waals surface area contributed by atoms with Crippen molar-refractivity contribution in [1.82, 2.24) is 5.43 Å². The van der Waals surface area contributed by atoms with Gasteiger partial charge in [-0.2, -0.15) is 5.10 Å². The zero-order valence-corrected chi connectivity index (χ0v) is 12.0. The molecule has 3 rings (SSSR count). The van der Waals surface area contributed by atoms with E-state index in [1.807, 2.05) is 24.3 Å². The minimum Gasteiger partial charge on any atom is -0.497 e. The molecule has 6 heteroatoms. The maximum Gasteiger partial charge on any atom is 0.269 e. The van der Waals surface area contributed by atoms with Crippen LogP contribution in [0.5, 0.6) is 5.75 Å². The summed E-state index contributed by atoms with van der Waals surface area (Å²) in [7, 11) is 1.64. The van der Waals surface area contributed by atoms with Crippen LogP contribution < -0.4 is 10.2 Å². The number of methoxy groups -OCH3 is 1. The van der Waals surface area contributed by atoms with Gasteiger partial charge in [0.25, 0.3) is 5.69 Å². The number of hydrazone groups is 1. The van der Waals surface area contributed by atoms with Gasteiger partial charge in [0, 0.05) is 18.6 Å². The lowest BCUT2D eigenvalue weighted by Gasteiger charge is -2.11. The van der Waals surface area contributed by atoms with Crippen LogP contribution in [-0.4, -0.2) is 17.7 Å². The van der Waals surface area contributed by atoms with Crippen molar-refractivity contribution in [2.45, 2.75) is 12.5 Å². The van der Waals surface area contributed by atoms with Crippen molar-refractivity contribution >= 4 is 11.4 Å². The van der Waals surface area contributed by atoms with Crippen LogP contribution in [0.3, 0.4) is 0 Å². The summed E-state index contributed by atoms with van der Waals surface area (Å²) in [4.78, 5) is 10.3. The predicted molar refractivity (Wildman–Crippen MR) is 83.1 cm³/mol. The standard InChI is InChI=1S/C16H15N3O3/c1-22-14-4-2-3-12(9-14)16-10-15(17-18-16)11-5-7-13(8-6-11)19(20)21/h2-9,16,18H,10H2,1H3. The molecule has 1 heterocycles. The molecule has 0 radical (unpaired) electrons. The summed E-state index contributed by atoms with van der Waals surface area (Å²) < 4.78 is 5.23. The normalized spacial score (nSPS) is 16.8. The highest BCUT2D eigenvalue weighted by Gasteiger charge is 2.21. The number of nitro benzene ring substituents is 1. The van der Waals surface area contributed by atoms with E-state index < -0.39 is 4.92 Å². The van der Waals surface area contributed by atoms with E-state index in [1.54, 1.807) is 19.2 Å². The highest BCUT2D eigenvalue weighted by Crippen LogP contribution is 2.27. The quantitative estimate of drug-likeness (QED) is 0.695. The summed E-state index contributed by atoms with van der Waals surface area (Å²) in [6.07, 6.45) is 0.727. The van der Waals surface area contributed by atoms with Gasteiger partial charge in [-0.3, -0.25) is 10.1 Å². The summed E-state index contributed by atoms with van der Waals surface area (Å²) in [5.41, 5.74) is 6.07. The lowest BCUT2D eigenvalue weighted by molar-refractivity contribution is -0.384. The van der Waals surface area contributed by atoms with E-state index in [0.717, 1.165) is 29.0 Å². The van der Waals surface area contributed by atoms with Gasteiger partial charge in [0.15, 0.2) is 0 Å². The van der Waals surface area contributed by atoms with Gasteiger partial charge >= 0.3 is 0 Å². The smallest absolute Gasteiger partial charge is 0.269 e. The fraction of sp³-hybridized carbons (Fsp3) is 0.188. The summed E-state index contributed by atoms with van der Waals surface area (Å²) in [5, 5.41) is 15.0. The molecule has 2 aromatic rings. The SMILES string of the molecule is COc1cccc(C2CC(c3ccc([N+](=O)[O-])cc3)=NN2)c1. The van der Waals surface area contributed by atoms with Gasteiger partial charge in [-0.25, -0.2) is 0 Å². The number of benzene rings is 2. The van der Waals surface area contributed by atoms with E-state index in [1.165, 1.54) is 12.1 Å². The summed E-state index contributed by atoms with van der Waals surface area (Å²) in [5.74, 6) is 0.808. The van der Waals surface area contributed by atoms with Crippen molar-refractivity contribution < 1.29 is 9.66 Å². The Labute approximate surface area is 127 Å². The monoisotopic (exact) mass is 297 g/mol. The van der Waals surface area contributed by atoms with Crippen LogP contribution in [-0.2, 0) is 0 Å². The zero-order valence-electron chi connectivity index (χ0n) is 12.0. The summed E-state index contributed by atoms with van der Waals surface area (Å²) in [6, 6.07) is 14.4. The van der Waals surface area contributed by atoms with Crippen molar-refractivity contribution in [3.8, 4) is 5.75 Å². The van der Waals surface area contributed by atoms with Crippen molar-refractivity contribution in [2.24, 2.45) is 5.10 Å². The van der Waals surface area contributed by atoms with E-state index >= 15 is 0 Å². The fourth-order valence-electron chi connectivity index (χ4n) is 2.45. The molecule has 0 saturated heterocycles. The molecule has 112 valence electrons. The number of ether oxygens (including phenoxy) is 1. The van der Waals surface area contributed by atoms with E-state index in [2.05, 4.69) is 10.5 Å². The molecule has 1 aliphatic heterocycles. The zero-order chi connectivity index (χ0) is 15.5. The second-order valence-electron chi connectivity index (χ2n) is 5.02. The average Bonchev–Trinajstić information content (AvgIpc) is 3.05. The Bertz CT molecular complexity index is 726. The Hall–Kier alpha value is -2.89. The maximum atomic E-state index is 10.7. The molecule has 0 aliphatic carbocycles. The molecule has 0 amide bonds. The lowest BCUT2D eigenvalue weighted by atomic mass is 9.99.